The van der Waals surface area contributed by atoms with Gasteiger partial charge in [-0.25, -0.2) is 0 Å². The number of piperazine rings is 1. The van der Waals surface area contributed by atoms with E-state index >= 15 is 0 Å². The van der Waals surface area contributed by atoms with Crippen LogP contribution in [0.3, 0.4) is 0 Å². The van der Waals surface area contributed by atoms with Crippen LogP contribution in [-0.2, 0) is 6.61 Å². The zero-order valence-corrected chi connectivity index (χ0v) is 16.8. The van der Waals surface area contributed by atoms with E-state index in [-0.39, 0.29) is 6.61 Å². The highest BCUT2D eigenvalue weighted by atomic mass is 16.5. The van der Waals surface area contributed by atoms with Crippen LogP contribution in [0.5, 0.6) is 11.5 Å². The molecule has 2 aromatic rings. The molecule has 0 aromatic heterocycles. The number of aliphatic hydroxyl groups is 1. The minimum absolute atomic E-state index is 0.0207. The lowest BCUT2D eigenvalue weighted by atomic mass is 10.2. The Hall–Kier alpha value is -2.24. The molecule has 1 aliphatic rings. The van der Waals surface area contributed by atoms with Gasteiger partial charge in [-0.3, -0.25) is 4.90 Å². The summed E-state index contributed by atoms with van der Waals surface area (Å²) in [6, 6.07) is 16.0. The molecule has 0 radical (unpaired) electrons. The van der Waals surface area contributed by atoms with Crippen molar-refractivity contribution in [2.24, 2.45) is 0 Å². The zero-order chi connectivity index (χ0) is 19.6. The minimum Gasteiger partial charge on any atom is -0.493 e. The first-order valence-electron chi connectivity index (χ1n) is 10.3. The van der Waals surface area contributed by atoms with E-state index in [0.29, 0.717) is 13.2 Å². The third-order valence-corrected chi connectivity index (χ3v) is 5.15. The monoisotopic (exact) mass is 384 g/mol. The minimum atomic E-state index is 0.0207. The van der Waals surface area contributed by atoms with Crippen LogP contribution in [0, 0.1) is 0 Å². The van der Waals surface area contributed by atoms with Crippen LogP contribution in [0.15, 0.2) is 48.5 Å². The molecule has 0 amide bonds. The molecule has 1 N–H and O–H groups in total. The highest BCUT2D eigenvalue weighted by Crippen LogP contribution is 2.28. The first kappa shape index (κ1) is 20.5. The number of benzene rings is 2. The van der Waals surface area contributed by atoms with Crippen molar-refractivity contribution < 1.29 is 14.6 Å². The summed E-state index contributed by atoms with van der Waals surface area (Å²) in [6.45, 7) is 8.76. The molecule has 5 heteroatoms. The second-order valence-corrected chi connectivity index (χ2v) is 7.05. The van der Waals surface area contributed by atoms with Gasteiger partial charge in [0.25, 0.3) is 0 Å². The number of anilines is 1. The van der Waals surface area contributed by atoms with E-state index in [1.807, 2.05) is 37.3 Å². The van der Waals surface area contributed by atoms with Crippen molar-refractivity contribution in [3.8, 4) is 11.5 Å². The Kier molecular flexibility index (Phi) is 8.00. The largest absolute Gasteiger partial charge is 0.493 e. The molecular formula is C23H32N2O3. The Labute approximate surface area is 168 Å². The van der Waals surface area contributed by atoms with Crippen LogP contribution in [0.25, 0.3) is 0 Å². The molecule has 1 saturated heterocycles. The van der Waals surface area contributed by atoms with Crippen molar-refractivity contribution in [2.45, 2.75) is 26.4 Å². The Morgan fingerprint density at radius 3 is 2.32 bits per heavy atom. The van der Waals surface area contributed by atoms with Gasteiger partial charge in [0.05, 0.1) is 25.5 Å². The summed E-state index contributed by atoms with van der Waals surface area (Å²) >= 11 is 0. The number of hydrogen-bond donors (Lipinski definition) is 1. The van der Waals surface area contributed by atoms with E-state index in [2.05, 4.69) is 28.0 Å². The molecule has 1 aliphatic heterocycles. The maximum Gasteiger partial charge on any atom is 0.142 e. The SMILES string of the molecule is CCOc1ccccc1N1CCN(CCCCOc2ccccc2CO)CC1. The van der Waals surface area contributed by atoms with Gasteiger partial charge in [0.1, 0.15) is 11.5 Å². The fraction of sp³-hybridized carbons (Fsp3) is 0.478. The number of nitrogens with zero attached hydrogens (tertiary/aromatic N) is 2. The van der Waals surface area contributed by atoms with Crippen molar-refractivity contribution in [2.75, 3.05) is 50.8 Å². The number of ether oxygens (including phenoxy) is 2. The van der Waals surface area contributed by atoms with Crippen LogP contribution < -0.4 is 14.4 Å². The van der Waals surface area contributed by atoms with Crippen molar-refractivity contribution in [3.63, 3.8) is 0 Å². The highest BCUT2D eigenvalue weighted by molar-refractivity contribution is 5.58. The average Bonchev–Trinajstić information content (AvgIpc) is 2.75. The first-order valence-corrected chi connectivity index (χ1v) is 10.3. The molecule has 28 heavy (non-hydrogen) atoms. The molecule has 1 fully saturated rings. The van der Waals surface area contributed by atoms with Crippen LogP contribution in [0.4, 0.5) is 5.69 Å². The quantitative estimate of drug-likeness (QED) is 0.635. The lowest BCUT2D eigenvalue weighted by Crippen LogP contribution is -2.46. The van der Waals surface area contributed by atoms with E-state index < -0.39 is 0 Å². The molecule has 0 unspecified atom stereocenters. The molecule has 1 heterocycles. The summed E-state index contributed by atoms with van der Waals surface area (Å²) in [5.74, 6) is 1.78. The van der Waals surface area contributed by atoms with Gasteiger partial charge in [-0.1, -0.05) is 30.3 Å². The Morgan fingerprint density at radius 1 is 0.857 bits per heavy atom. The van der Waals surface area contributed by atoms with Crippen LogP contribution in [0.1, 0.15) is 25.3 Å². The number of aliphatic hydroxyl groups excluding tert-OH is 1. The molecule has 0 spiro atoms. The topological polar surface area (TPSA) is 45.2 Å². The maximum atomic E-state index is 9.34. The second-order valence-electron chi connectivity index (χ2n) is 7.05. The second kappa shape index (κ2) is 10.9. The fourth-order valence-electron chi connectivity index (χ4n) is 3.60. The molecule has 0 atom stereocenters. The molecule has 5 nitrogen and oxygen atoms in total. The summed E-state index contributed by atoms with van der Waals surface area (Å²) in [4.78, 5) is 4.96. The van der Waals surface area contributed by atoms with Crippen molar-refractivity contribution in [1.29, 1.82) is 0 Å². The lowest BCUT2D eigenvalue weighted by molar-refractivity contribution is 0.233. The van der Waals surface area contributed by atoms with Gasteiger partial charge in [0.2, 0.25) is 0 Å². The summed E-state index contributed by atoms with van der Waals surface area (Å²) in [5.41, 5.74) is 2.06. The lowest BCUT2D eigenvalue weighted by Gasteiger charge is -2.36. The highest BCUT2D eigenvalue weighted by Gasteiger charge is 2.19. The van der Waals surface area contributed by atoms with Gasteiger partial charge in [-0.15, -0.1) is 0 Å². The molecule has 152 valence electrons. The predicted octanol–water partition coefficient (Wildman–Crippen LogP) is 3.56. The zero-order valence-electron chi connectivity index (χ0n) is 16.8. The molecule has 0 bridgehead atoms. The van der Waals surface area contributed by atoms with Crippen LogP contribution in [-0.4, -0.2) is 55.9 Å². The third-order valence-electron chi connectivity index (χ3n) is 5.15. The molecule has 3 rings (SSSR count). The van der Waals surface area contributed by atoms with Gasteiger partial charge in [0, 0.05) is 31.7 Å². The Morgan fingerprint density at radius 2 is 1.57 bits per heavy atom. The van der Waals surface area contributed by atoms with Crippen molar-refractivity contribution in [3.05, 3.63) is 54.1 Å². The molecular weight excluding hydrogens is 352 g/mol. The third kappa shape index (κ3) is 5.63. The molecule has 2 aromatic carbocycles. The van der Waals surface area contributed by atoms with E-state index in [0.717, 1.165) is 62.6 Å². The van der Waals surface area contributed by atoms with Gasteiger partial charge < -0.3 is 19.5 Å². The summed E-state index contributed by atoms with van der Waals surface area (Å²) < 4.78 is 11.6. The Bertz CT molecular complexity index is 714. The number of rotatable bonds is 10. The molecule has 0 saturated carbocycles. The number of para-hydroxylation sites is 3. The normalized spacial score (nSPS) is 14.9. The van der Waals surface area contributed by atoms with E-state index in [9.17, 15) is 5.11 Å². The van der Waals surface area contributed by atoms with E-state index in [1.54, 1.807) is 0 Å². The van der Waals surface area contributed by atoms with Crippen molar-refractivity contribution in [1.82, 2.24) is 4.90 Å². The number of hydrogen-bond acceptors (Lipinski definition) is 5. The summed E-state index contributed by atoms with van der Waals surface area (Å²) in [6.07, 6.45) is 2.14. The van der Waals surface area contributed by atoms with Crippen LogP contribution >= 0.6 is 0 Å². The van der Waals surface area contributed by atoms with E-state index in [4.69, 9.17) is 9.47 Å². The van der Waals surface area contributed by atoms with Gasteiger partial charge in [-0.2, -0.15) is 0 Å². The number of unbranched alkanes of at least 4 members (excludes halogenated alkanes) is 1. The fourth-order valence-corrected chi connectivity index (χ4v) is 3.60. The maximum absolute atomic E-state index is 9.34. The smallest absolute Gasteiger partial charge is 0.142 e. The van der Waals surface area contributed by atoms with Crippen molar-refractivity contribution >= 4 is 5.69 Å². The Balaban J connectivity index is 1.36. The first-order chi connectivity index (χ1) is 13.8. The standard InChI is InChI=1S/C23H32N2O3/c1-2-27-23-12-6-4-10-21(23)25-16-14-24(15-17-25)13-7-8-18-28-22-11-5-3-9-20(22)19-26/h3-6,9-12,26H,2,7-8,13-19H2,1H3. The van der Waals surface area contributed by atoms with E-state index in [1.165, 1.54) is 5.69 Å². The van der Waals surface area contributed by atoms with Gasteiger partial charge in [-0.05, 0) is 44.5 Å². The van der Waals surface area contributed by atoms with Gasteiger partial charge >= 0.3 is 0 Å². The van der Waals surface area contributed by atoms with Crippen LogP contribution in [0.2, 0.25) is 0 Å². The van der Waals surface area contributed by atoms with Gasteiger partial charge in [0.15, 0.2) is 0 Å². The predicted molar refractivity (Wildman–Crippen MR) is 113 cm³/mol. The summed E-state index contributed by atoms with van der Waals surface area (Å²) in [5, 5.41) is 9.34. The molecule has 0 aliphatic carbocycles. The average molecular weight is 385 g/mol. The summed E-state index contributed by atoms with van der Waals surface area (Å²) in [7, 11) is 0.